The average molecular weight is 328 g/mol. The summed E-state index contributed by atoms with van der Waals surface area (Å²) in [6.45, 7) is 5.48. The minimum atomic E-state index is 0.00627. The molecule has 1 N–H and O–H groups in total. The third-order valence-corrected chi connectivity index (χ3v) is 4.66. The average Bonchev–Trinajstić information content (AvgIpc) is 3.04. The van der Waals surface area contributed by atoms with E-state index in [0.717, 1.165) is 29.2 Å². The lowest BCUT2D eigenvalue weighted by Crippen LogP contribution is -2.34. The zero-order chi connectivity index (χ0) is 16.2. The van der Waals surface area contributed by atoms with Gasteiger partial charge in [0.15, 0.2) is 0 Å². The molecule has 23 heavy (non-hydrogen) atoms. The lowest BCUT2D eigenvalue weighted by atomic mass is 10.2. The van der Waals surface area contributed by atoms with Gasteiger partial charge in [-0.1, -0.05) is 19.1 Å². The van der Waals surface area contributed by atoms with Gasteiger partial charge in [0.1, 0.15) is 5.01 Å². The van der Waals surface area contributed by atoms with E-state index in [-0.39, 0.29) is 11.6 Å². The van der Waals surface area contributed by atoms with Crippen LogP contribution in [0.2, 0.25) is 0 Å². The lowest BCUT2D eigenvalue weighted by Gasteiger charge is -2.14. The number of hydrogen-bond donors (Lipinski definition) is 1. The van der Waals surface area contributed by atoms with Gasteiger partial charge in [-0.05, 0) is 25.5 Å². The zero-order valence-corrected chi connectivity index (χ0v) is 14.1. The van der Waals surface area contributed by atoms with E-state index in [0.29, 0.717) is 11.9 Å². The second-order valence-electron chi connectivity index (χ2n) is 5.59. The van der Waals surface area contributed by atoms with E-state index in [1.165, 1.54) is 0 Å². The molecule has 0 saturated heterocycles. The summed E-state index contributed by atoms with van der Waals surface area (Å²) >= 11 is 1.67. The van der Waals surface area contributed by atoms with Crippen LogP contribution in [-0.4, -0.2) is 20.6 Å². The molecule has 0 amide bonds. The van der Waals surface area contributed by atoms with Gasteiger partial charge in [0.05, 0.1) is 22.9 Å². The van der Waals surface area contributed by atoms with E-state index >= 15 is 0 Å². The summed E-state index contributed by atoms with van der Waals surface area (Å²) in [5.74, 6) is 0. The molecular formula is C17H20N4OS. The summed E-state index contributed by atoms with van der Waals surface area (Å²) in [6.07, 6.45) is 2.59. The smallest absolute Gasteiger partial charge is 0.261 e. The maximum Gasteiger partial charge on any atom is 0.261 e. The SMILES string of the molecule is CCc1csc(CN[C@H](C)Cn2cnc3ccccc3c2=O)n1. The maximum atomic E-state index is 12.5. The Morgan fingerprint density at radius 1 is 1.35 bits per heavy atom. The summed E-state index contributed by atoms with van der Waals surface area (Å²) in [7, 11) is 0. The molecule has 5 nitrogen and oxygen atoms in total. The molecular weight excluding hydrogens is 308 g/mol. The number of para-hydroxylation sites is 1. The third-order valence-electron chi connectivity index (χ3n) is 3.77. The van der Waals surface area contributed by atoms with Gasteiger partial charge < -0.3 is 5.32 Å². The second kappa shape index (κ2) is 7.02. The van der Waals surface area contributed by atoms with E-state index in [1.54, 1.807) is 22.2 Å². The maximum absolute atomic E-state index is 12.5. The summed E-state index contributed by atoms with van der Waals surface area (Å²) in [6, 6.07) is 7.59. The molecule has 2 heterocycles. The highest BCUT2D eigenvalue weighted by atomic mass is 32.1. The molecule has 0 bridgehead atoms. The quantitative estimate of drug-likeness (QED) is 0.755. The largest absolute Gasteiger partial charge is 0.306 e. The van der Waals surface area contributed by atoms with Crippen molar-refractivity contribution >= 4 is 22.2 Å². The normalized spacial score (nSPS) is 12.6. The fraction of sp³-hybridized carbons (Fsp3) is 0.353. The first kappa shape index (κ1) is 15.8. The molecule has 0 aliphatic heterocycles. The Kier molecular flexibility index (Phi) is 4.83. The van der Waals surface area contributed by atoms with Crippen molar-refractivity contribution in [2.45, 2.75) is 39.4 Å². The number of nitrogens with one attached hydrogen (secondary N) is 1. The van der Waals surface area contributed by atoms with Crippen LogP contribution in [0.3, 0.4) is 0 Å². The molecule has 3 aromatic rings. The highest BCUT2D eigenvalue weighted by Gasteiger charge is 2.08. The number of benzene rings is 1. The minimum Gasteiger partial charge on any atom is -0.306 e. The van der Waals surface area contributed by atoms with Gasteiger partial charge in [0.2, 0.25) is 0 Å². The van der Waals surface area contributed by atoms with E-state index < -0.39 is 0 Å². The van der Waals surface area contributed by atoms with Crippen LogP contribution in [0.1, 0.15) is 24.5 Å². The number of nitrogens with zero attached hydrogens (tertiary/aromatic N) is 3. The predicted octanol–water partition coefficient (Wildman–Crippen LogP) is 2.59. The van der Waals surface area contributed by atoms with Gasteiger partial charge >= 0.3 is 0 Å². The molecule has 0 radical (unpaired) electrons. The van der Waals surface area contributed by atoms with E-state index in [2.05, 4.69) is 34.5 Å². The Morgan fingerprint density at radius 2 is 2.17 bits per heavy atom. The molecule has 120 valence electrons. The van der Waals surface area contributed by atoms with E-state index in [9.17, 15) is 4.79 Å². The van der Waals surface area contributed by atoms with Crippen LogP contribution >= 0.6 is 11.3 Å². The molecule has 1 aromatic carbocycles. The van der Waals surface area contributed by atoms with Crippen molar-refractivity contribution in [3.63, 3.8) is 0 Å². The van der Waals surface area contributed by atoms with Crippen molar-refractivity contribution in [2.24, 2.45) is 0 Å². The first-order valence-corrected chi connectivity index (χ1v) is 8.66. The summed E-state index contributed by atoms with van der Waals surface area (Å²) < 4.78 is 1.67. The second-order valence-corrected chi connectivity index (χ2v) is 6.53. The van der Waals surface area contributed by atoms with Crippen molar-refractivity contribution in [1.82, 2.24) is 19.9 Å². The van der Waals surface area contributed by atoms with Crippen LogP contribution in [0.15, 0.2) is 40.8 Å². The van der Waals surface area contributed by atoms with Crippen molar-refractivity contribution in [1.29, 1.82) is 0 Å². The highest BCUT2D eigenvalue weighted by molar-refractivity contribution is 7.09. The lowest BCUT2D eigenvalue weighted by molar-refractivity contribution is 0.466. The Labute approximate surface area is 139 Å². The molecule has 0 fully saturated rings. The monoisotopic (exact) mass is 328 g/mol. The fourth-order valence-electron chi connectivity index (χ4n) is 2.45. The number of aromatic nitrogens is 3. The van der Waals surface area contributed by atoms with Gasteiger partial charge in [0.25, 0.3) is 5.56 Å². The Bertz CT molecular complexity index is 855. The van der Waals surface area contributed by atoms with E-state index in [4.69, 9.17) is 0 Å². The summed E-state index contributed by atoms with van der Waals surface area (Å²) in [5.41, 5.74) is 1.88. The third kappa shape index (κ3) is 3.65. The van der Waals surface area contributed by atoms with Crippen LogP contribution in [0, 0.1) is 0 Å². The molecule has 0 unspecified atom stereocenters. The molecule has 3 rings (SSSR count). The first-order chi connectivity index (χ1) is 11.2. The zero-order valence-electron chi connectivity index (χ0n) is 13.3. The number of thiazole rings is 1. The van der Waals surface area contributed by atoms with Crippen molar-refractivity contribution in [2.75, 3.05) is 0 Å². The minimum absolute atomic E-state index is 0.00627. The molecule has 0 aliphatic carbocycles. The molecule has 0 spiro atoms. The number of fused-ring (bicyclic) bond motifs is 1. The Morgan fingerprint density at radius 3 is 2.96 bits per heavy atom. The highest BCUT2D eigenvalue weighted by Crippen LogP contribution is 2.10. The molecule has 2 aromatic heterocycles. The Hall–Kier alpha value is -2.05. The number of hydrogen-bond acceptors (Lipinski definition) is 5. The van der Waals surface area contributed by atoms with Crippen molar-refractivity contribution < 1.29 is 0 Å². The van der Waals surface area contributed by atoms with E-state index in [1.807, 2.05) is 24.3 Å². The summed E-state index contributed by atoms with van der Waals surface area (Å²) in [5, 5.41) is 7.26. The van der Waals surface area contributed by atoms with Gasteiger partial charge in [-0.25, -0.2) is 9.97 Å². The number of rotatable bonds is 6. The van der Waals surface area contributed by atoms with Gasteiger partial charge in [-0.2, -0.15) is 0 Å². The number of aryl methyl sites for hydroxylation is 1. The first-order valence-electron chi connectivity index (χ1n) is 7.78. The Balaban J connectivity index is 1.66. The van der Waals surface area contributed by atoms with Crippen LogP contribution in [-0.2, 0) is 19.5 Å². The summed E-state index contributed by atoms with van der Waals surface area (Å²) in [4.78, 5) is 21.4. The van der Waals surface area contributed by atoms with Crippen LogP contribution in [0.4, 0.5) is 0 Å². The topological polar surface area (TPSA) is 59.8 Å². The van der Waals surface area contributed by atoms with Crippen molar-refractivity contribution in [3.05, 3.63) is 57.0 Å². The van der Waals surface area contributed by atoms with Gasteiger partial charge in [-0.3, -0.25) is 9.36 Å². The van der Waals surface area contributed by atoms with Crippen LogP contribution in [0.25, 0.3) is 10.9 Å². The van der Waals surface area contributed by atoms with Crippen LogP contribution in [0.5, 0.6) is 0 Å². The van der Waals surface area contributed by atoms with Crippen LogP contribution < -0.4 is 10.9 Å². The fourth-order valence-corrected chi connectivity index (χ4v) is 3.28. The standard InChI is InChI=1S/C17H20N4OS/c1-3-13-10-23-16(20-13)8-18-12(2)9-21-11-19-15-7-5-4-6-14(15)17(21)22/h4-7,10-12,18H,3,8-9H2,1-2H3/t12-/m1/s1. The predicted molar refractivity (Wildman–Crippen MR) is 93.8 cm³/mol. The van der Waals surface area contributed by atoms with Gasteiger partial charge in [-0.15, -0.1) is 11.3 Å². The van der Waals surface area contributed by atoms with Crippen molar-refractivity contribution in [3.8, 4) is 0 Å². The van der Waals surface area contributed by atoms with Gasteiger partial charge in [0, 0.05) is 24.5 Å². The molecule has 1 atom stereocenters. The molecule has 0 saturated carbocycles. The molecule has 0 aliphatic rings. The molecule has 6 heteroatoms.